The highest BCUT2D eigenvalue weighted by Gasteiger charge is 2.02. The van der Waals surface area contributed by atoms with E-state index >= 15 is 0 Å². The fourth-order valence-corrected chi connectivity index (χ4v) is 2.32. The van der Waals surface area contributed by atoms with Crippen LogP contribution in [0.5, 0.6) is 0 Å². The molecule has 0 bridgehead atoms. The van der Waals surface area contributed by atoms with Crippen LogP contribution in [0.2, 0.25) is 0 Å². The highest BCUT2D eigenvalue weighted by molar-refractivity contribution is 7.11. The van der Waals surface area contributed by atoms with E-state index in [4.69, 9.17) is 0 Å². The van der Waals surface area contributed by atoms with Crippen molar-refractivity contribution in [1.82, 2.24) is 19.9 Å². The molecule has 0 unspecified atom stereocenters. The molecular weight excluding hydrogens is 220 g/mol. The Bertz CT molecular complexity index is 446. The predicted octanol–water partition coefficient (Wildman–Crippen LogP) is 1.96. The topological polar surface area (TPSA) is 42.7 Å². The van der Waals surface area contributed by atoms with E-state index in [1.807, 2.05) is 18.6 Å². The minimum atomic E-state index is 0.791. The van der Waals surface area contributed by atoms with Gasteiger partial charge in [0.05, 0.1) is 6.54 Å². The molecule has 5 heteroatoms. The number of hydrogen-bond acceptors (Lipinski definition) is 4. The van der Waals surface area contributed by atoms with Crippen molar-refractivity contribution >= 4 is 11.3 Å². The van der Waals surface area contributed by atoms with Gasteiger partial charge >= 0.3 is 0 Å². The largest absolute Gasteiger partial charge is 0.334 e. The second-order valence-corrected chi connectivity index (χ2v) is 4.92. The van der Waals surface area contributed by atoms with Crippen molar-refractivity contribution in [1.29, 1.82) is 0 Å². The molecule has 2 rings (SSSR count). The van der Waals surface area contributed by atoms with E-state index in [1.165, 1.54) is 4.88 Å². The molecule has 1 N–H and O–H groups in total. The summed E-state index contributed by atoms with van der Waals surface area (Å²) >= 11 is 1.73. The Morgan fingerprint density at radius 2 is 2.25 bits per heavy atom. The Morgan fingerprint density at radius 1 is 1.38 bits per heavy atom. The van der Waals surface area contributed by atoms with Crippen molar-refractivity contribution in [3.63, 3.8) is 0 Å². The van der Waals surface area contributed by atoms with Gasteiger partial charge in [0, 0.05) is 36.6 Å². The lowest BCUT2D eigenvalue weighted by atomic mass is 10.5. The van der Waals surface area contributed by atoms with Crippen LogP contribution in [0.4, 0.5) is 0 Å². The molecule has 0 saturated carbocycles. The maximum Gasteiger partial charge on any atom is 0.122 e. The highest BCUT2D eigenvalue weighted by Crippen LogP contribution is 2.10. The zero-order chi connectivity index (χ0) is 11.4. The van der Waals surface area contributed by atoms with E-state index in [1.54, 1.807) is 11.3 Å². The van der Waals surface area contributed by atoms with Gasteiger partial charge in [-0.1, -0.05) is 0 Å². The molecule has 0 amide bonds. The van der Waals surface area contributed by atoms with Crippen molar-refractivity contribution in [2.45, 2.75) is 33.5 Å². The number of rotatable bonds is 5. The summed E-state index contributed by atoms with van der Waals surface area (Å²) in [4.78, 5) is 9.87. The summed E-state index contributed by atoms with van der Waals surface area (Å²) in [5.41, 5.74) is 0. The molecule has 2 aromatic rings. The third kappa shape index (κ3) is 2.68. The van der Waals surface area contributed by atoms with Crippen LogP contribution in [-0.4, -0.2) is 14.5 Å². The van der Waals surface area contributed by atoms with Gasteiger partial charge in [0.15, 0.2) is 0 Å². The fourth-order valence-electron chi connectivity index (χ4n) is 1.56. The molecule has 0 aliphatic rings. The Labute approximate surface area is 99.4 Å². The van der Waals surface area contributed by atoms with E-state index in [9.17, 15) is 0 Å². The molecule has 0 fully saturated rings. The minimum Gasteiger partial charge on any atom is -0.334 e. The zero-order valence-electron chi connectivity index (χ0n) is 9.60. The number of hydrogen-bond donors (Lipinski definition) is 1. The lowest BCUT2D eigenvalue weighted by Gasteiger charge is -2.05. The smallest absolute Gasteiger partial charge is 0.122 e. The van der Waals surface area contributed by atoms with Gasteiger partial charge in [-0.2, -0.15) is 0 Å². The third-order valence-electron chi connectivity index (χ3n) is 2.37. The van der Waals surface area contributed by atoms with E-state index in [0.717, 1.165) is 30.5 Å². The Balaban J connectivity index is 1.84. The van der Waals surface area contributed by atoms with Crippen LogP contribution < -0.4 is 5.32 Å². The van der Waals surface area contributed by atoms with Gasteiger partial charge in [0.2, 0.25) is 0 Å². The van der Waals surface area contributed by atoms with Gasteiger partial charge < -0.3 is 9.88 Å². The van der Waals surface area contributed by atoms with E-state index in [2.05, 4.69) is 33.7 Å². The van der Waals surface area contributed by atoms with Crippen LogP contribution in [0.3, 0.4) is 0 Å². The quantitative estimate of drug-likeness (QED) is 0.863. The SMILES string of the molecule is CCn1ccnc1CNCc1ncc(C)s1. The lowest BCUT2D eigenvalue weighted by Crippen LogP contribution is -2.16. The monoisotopic (exact) mass is 236 g/mol. The Morgan fingerprint density at radius 3 is 2.94 bits per heavy atom. The van der Waals surface area contributed by atoms with Crippen LogP contribution in [0.1, 0.15) is 22.6 Å². The summed E-state index contributed by atoms with van der Waals surface area (Å²) in [5.74, 6) is 1.08. The van der Waals surface area contributed by atoms with Crippen LogP contribution in [-0.2, 0) is 19.6 Å². The zero-order valence-corrected chi connectivity index (χ0v) is 10.4. The first kappa shape index (κ1) is 11.3. The molecular formula is C11H16N4S. The summed E-state index contributed by atoms with van der Waals surface area (Å²) in [6.07, 6.45) is 5.76. The van der Waals surface area contributed by atoms with Crippen LogP contribution in [0.15, 0.2) is 18.6 Å². The number of aromatic nitrogens is 3. The second-order valence-electron chi connectivity index (χ2n) is 3.60. The molecule has 0 aliphatic carbocycles. The first-order chi connectivity index (χ1) is 7.79. The van der Waals surface area contributed by atoms with Gasteiger partial charge in [0.25, 0.3) is 0 Å². The molecule has 0 atom stereocenters. The van der Waals surface area contributed by atoms with E-state index < -0.39 is 0 Å². The number of nitrogens with one attached hydrogen (secondary N) is 1. The summed E-state index contributed by atoms with van der Waals surface area (Å²) in [6, 6.07) is 0. The first-order valence-electron chi connectivity index (χ1n) is 5.41. The summed E-state index contributed by atoms with van der Waals surface area (Å²) < 4.78 is 2.14. The molecule has 0 spiro atoms. The molecule has 0 aromatic carbocycles. The van der Waals surface area contributed by atoms with Crippen LogP contribution in [0.25, 0.3) is 0 Å². The highest BCUT2D eigenvalue weighted by atomic mass is 32.1. The van der Waals surface area contributed by atoms with Crippen molar-refractivity contribution < 1.29 is 0 Å². The average Bonchev–Trinajstić information content (AvgIpc) is 2.87. The van der Waals surface area contributed by atoms with Gasteiger partial charge in [-0.25, -0.2) is 9.97 Å². The molecule has 2 aromatic heterocycles. The number of nitrogens with zero attached hydrogens (tertiary/aromatic N) is 3. The standard InChI is InChI=1S/C11H16N4S/c1-3-15-5-4-13-10(15)7-12-8-11-14-6-9(2)16-11/h4-6,12H,3,7-8H2,1-2H3. The molecule has 86 valence electrons. The summed E-state index contributed by atoms with van der Waals surface area (Å²) in [5, 5.41) is 4.49. The van der Waals surface area contributed by atoms with Crippen molar-refractivity contribution in [3.8, 4) is 0 Å². The van der Waals surface area contributed by atoms with E-state index in [-0.39, 0.29) is 0 Å². The van der Waals surface area contributed by atoms with Crippen molar-refractivity contribution in [2.75, 3.05) is 0 Å². The number of aryl methyl sites for hydroxylation is 2. The fraction of sp³-hybridized carbons (Fsp3) is 0.455. The first-order valence-corrected chi connectivity index (χ1v) is 6.23. The minimum absolute atomic E-state index is 0.791. The van der Waals surface area contributed by atoms with Gasteiger partial charge in [-0.05, 0) is 13.8 Å². The van der Waals surface area contributed by atoms with Gasteiger partial charge in [0.1, 0.15) is 10.8 Å². The van der Waals surface area contributed by atoms with Crippen molar-refractivity contribution in [3.05, 3.63) is 34.3 Å². The predicted molar refractivity (Wildman–Crippen MR) is 65.3 cm³/mol. The second kappa shape index (κ2) is 5.23. The number of thiazole rings is 1. The van der Waals surface area contributed by atoms with E-state index in [0.29, 0.717) is 0 Å². The normalized spacial score (nSPS) is 10.9. The van der Waals surface area contributed by atoms with Gasteiger partial charge in [-0.15, -0.1) is 11.3 Å². The molecule has 4 nitrogen and oxygen atoms in total. The van der Waals surface area contributed by atoms with Gasteiger partial charge in [-0.3, -0.25) is 0 Å². The molecule has 0 radical (unpaired) electrons. The van der Waals surface area contributed by atoms with Crippen LogP contribution >= 0.6 is 11.3 Å². The summed E-state index contributed by atoms with van der Waals surface area (Å²) in [7, 11) is 0. The van der Waals surface area contributed by atoms with Crippen molar-refractivity contribution in [2.24, 2.45) is 0 Å². The average molecular weight is 236 g/mol. The molecule has 2 heterocycles. The molecule has 16 heavy (non-hydrogen) atoms. The third-order valence-corrected chi connectivity index (χ3v) is 3.28. The summed E-state index contributed by atoms with van der Waals surface area (Å²) in [6.45, 7) is 6.77. The molecule has 0 saturated heterocycles. The number of imidazole rings is 1. The maximum atomic E-state index is 4.31. The van der Waals surface area contributed by atoms with Crippen LogP contribution in [0, 0.1) is 6.92 Å². The Kier molecular flexibility index (Phi) is 3.69. The lowest BCUT2D eigenvalue weighted by molar-refractivity contribution is 0.612. The maximum absolute atomic E-state index is 4.31. The Hall–Kier alpha value is -1.20. The molecule has 0 aliphatic heterocycles.